The molecule has 1 aromatic carbocycles. The molecular formula is C15H15NO2. The minimum absolute atomic E-state index is 0.217. The average molecular weight is 241 g/mol. The van der Waals surface area contributed by atoms with Crippen molar-refractivity contribution in [1.29, 1.82) is 0 Å². The zero-order valence-electron chi connectivity index (χ0n) is 10.5. The Balaban J connectivity index is 2.66. The van der Waals surface area contributed by atoms with E-state index in [2.05, 4.69) is 11.6 Å². The van der Waals surface area contributed by atoms with Crippen molar-refractivity contribution in [1.82, 2.24) is 4.98 Å². The first-order chi connectivity index (χ1) is 8.65. The molecule has 0 fully saturated rings. The number of ether oxygens (including phenoxy) is 1. The van der Waals surface area contributed by atoms with E-state index in [1.165, 1.54) is 0 Å². The number of pyridine rings is 1. The number of aromatic nitrogens is 1. The Bertz CT molecular complexity index is 630. The molecule has 1 N–H and O–H groups in total. The number of hydrogen-bond acceptors (Lipinski definition) is 3. The standard InChI is InChI=1S/C15H15NO2/c1-4-5-10(2)13-9-15(17)12-7-6-11(18-3)8-14(12)16-13/h4-9H,1H2,2-3H3,(H,16,17)/b10-5+. The van der Waals surface area contributed by atoms with Crippen LogP contribution in [-0.4, -0.2) is 17.2 Å². The summed E-state index contributed by atoms with van der Waals surface area (Å²) >= 11 is 0. The molecule has 18 heavy (non-hydrogen) atoms. The van der Waals surface area contributed by atoms with Crippen molar-refractivity contribution >= 4 is 16.5 Å². The summed E-state index contributed by atoms with van der Waals surface area (Å²) in [5, 5.41) is 10.7. The van der Waals surface area contributed by atoms with Gasteiger partial charge in [0, 0.05) is 17.5 Å². The lowest BCUT2D eigenvalue weighted by molar-refractivity contribution is 0.415. The summed E-state index contributed by atoms with van der Waals surface area (Å²) in [4.78, 5) is 4.51. The van der Waals surface area contributed by atoms with Crippen LogP contribution < -0.4 is 4.74 Å². The van der Waals surface area contributed by atoms with E-state index in [1.807, 2.05) is 13.0 Å². The molecule has 0 bridgehead atoms. The lowest BCUT2D eigenvalue weighted by atomic mass is 10.1. The zero-order chi connectivity index (χ0) is 13.1. The highest BCUT2D eigenvalue weighted by molar-refractivity contribution is 5.87. The molecule has 0 unspecified atom stereocenters. The molecule has 0 saturated heterocycles. The molecule has 3 heteroatoms. The van der Waals surface area contributed by atoms with Gasteiger partial charge in [-0.15, -0.1) is 0 Å². The largest absolute Gasteiger partial charge is 0.507 e. The van der Waals surface area contributed by atoms with Gasteiger partial charge in [-0.3, -0.25) is 0 Å². The summed E-state index contributed by atoms with van der Waals surface area (Å²) < 4.78 is 5.16. The number of rotatable bonds is 3. The van der Waals surface area contributed by atoms with Crippen LogP contribution in [0.3, 0.4) is 0 Å². The van der Waals surface area contributed by atoms with E-state index in [9.17, 15) is 5.11 Å². The molecule has 3 nitrogen and oxygen atoms in total. The van der Waals surface area contributed by atoms with Crippen molar-refractivity contribution in [2.45, 2.75) is 6.92 Å². The van der Waals surface area contributed by atoms with Gasteiger partial charge in [-0.25, -0.2) is 4.98 Å². The summed E-state index contributed by atoms with van der Waals surface area (Å²) in [6, 6.07) is 7.06. The first kappa shape index (κ1) is 12.2. The highest BCUT2D eigenvalue weighted by Crippen LogP contribution is 2.29. The van der Waals surface area contributed by atoms with Crippen molar-refractivity contribution in [3.8, 4) is 11.5 Å². The van der Waals surface area contributed by atoms with Gasteiger partial charge in [0.05, 0.1) is 18.3 Å². The van der Waals surface area contributed by atoms with Crippen molar-refractivity contribution in [3.63, 3.8) is 0 Å². The van der Waals surface area contributed by atoms with E-state index in [-0.39, 0.29) is 5.75 Å². The maximum atomic E-state index is 10.00. The smallest absolute Gasteiger partial charge is 0.127 e. The van der Waals surface area contributed by atoms with Crippen molar-refractivity contribution in [2.24, 2.45) is 0 Å². The maximum Gasteiger partial charge on any atom is 0.127 e. The van der Waals surface area contributed by atoms with Crippen LogP contribution in [-0.2, 0) is 0 Å². The summed E-state index contributed by atoms with van der Waals surface area (Å²) in [6.45, 7) is 5.58. The lowest BCUT2D eigenvalue weighted by Gasteiger charge is -2.07. The topological polar surface area (TPSA) is 42.4 Å². The molecule has 0 amide bonds. The third-order valence-electron chi connectivity index (χ3n) is 2.77. The quantitative estimate of drug-likeness (QED) is 0.836. The first-order valence-corrected chi connectivity index (χ1v) is 5.63. The molecule has 2 aromatic rings. The molecule has 0 aliphatic heterocycles. The molecule has 1 heterocycles. The maximum absolute atomic E-state index is 10.00. The number of hydrogen-bond donors (Lipinski definition) is 1. The minimum Gasteiger partial charge on any atom is -0.507 e. The first-order valence-electron chi connectivity index (χ1n) is 5.63. The Morgan fingerprint density at radius 1 is 1.39 bits per heavy atom. The predicted molar refractivity (Wildman–Crippen MR) is 73.8 cm³/mol. The number of fused-ring (bicyclic) bond motifs is 1. The monoisotopic (exact) mass is 241 g/mol. The van der Waals surface area contributed by atoms with Gasteiger partial charge in [0.2, 0.25) is 0 Å². The molecule has 92 valence electrons. The molecule has 0 saturated carbocycles. The number of nitrogens with zero attached hydrogens (tertiary/aromatic N) is 1. The number of benzene rings is 1. The van der Waals surface area contributed by atoms with Gasteiger partial charge in [0.15, 0.2) is 0 Å². The molecule has 0 aliphatic rings. The van der Waals surface area contributed by atoms with Gasteiger partial charge in [0.25, 0.3) is 0 Å². The molecule has 2 rings (SSSR count). The normalized spacial score (nSPS) is 11.6. The Kier molecular flexibility index (Phi) is 3.33. The van der Waals surface area contributed by atoms with Gasteiger partial charge < -0.3 is 9.84 Å². The highest BCUT2D eigenvalue weighted by Gasteiger charge is 2.07. The summed E-state index contributed by atoms with van der Waals surface area (Å²) in [5.41, 5.74) is 2.39. The second-order valence-corrected chi connectivity index (χ2v) is 4.00. The van der Waals surface area contributed by atoms with Gasteiger partial charge in [-0.1, -0.05) is 18.7 Å². The van der Waals surface area contributed by atoms with Gasteiger partial charge in [-0.05, 0) is 24.6 Å². The molecule has 0 aliphatic carbocycles. The summed E-state index contributed by atoms with van der Waals surface area (Å²) in [6.07, 6.45) is 3.55. The van der Waals surface area contributed by atoms with E-state index in [0.29, 0.717) is 10.9 Å². The third kappa shape index (κ3) is 2.20. The van der Waals surface area contributed by atoms with E-state index < -0.39 is 0 Å². The fourth-order valence-electron chi connectivity index (χ4n) is 1.78. The van der Waals surface area contributed by atoms with Crippen molar-refractivity contribution in [2.75, 3.05) is 7.11 Å². The summed E-state index contributed by atoms with van der Waals surface area (Å²) in [5.74, 6) is 0.936. The molecule has 0 spiro atoms. The van der Waals surface area contributed by atoms with E-state index >= 15 is 0 Å². The number of aromatic hydroxyl groups is 1. The fourth-order valence-corrected chi connectivity index (χ4v) is 1.78. The Labute approximate surface area is 106 Å². The Morgan fingerprint density at radius 2 is 2.17 bits per heavy atom. The van der Waals surface area contributed by atoms with Gasteiger partial charge >= 0.3 is 0 Å². The average Bonchev–Trinajstić information content (AvgIpc) is 2.38. The van der Waals surface area contributed by atoms with Crippen molar-refractivity contribution < 1.29 is 9.84 Å². The van der Waals surface area contributed by atoms with E-state index in [1.54, 1.807) is 37.5 Å². The second-order valence-electron chi connectivity index (χ2n) is 4.00. The van der Waals surface area contributed by atoms with Crippen LogP contribution in [0.4, 0.5) is 0 Å². The van der Waals surface area contributed by atoms with E-state index in [4.69, 9.17) is 4.74 Å². The number of methoxy groups -OCH3 is 1. The van der Waals surface area contributed by atoms with Crippen LogP contribution in [0.15, 0.2) is 43.0 Å². The van der Waals surface area contributed by atoms with Crippen LogP contribution in [0, 0.1) is 0 Å². The Hall–Kier alpha value is -2.29. The van der Waals surface area contributed by atoms with E-state index in [0.717, 1.165) is 17.0 Å². The Morgan fingerprint density at radius 3 is 2.83 bits per heavy atom. The second kappa shape index (κ2) is 4.92. The van der Waals surface area contributed by atoms with Crippen molar-refractivity contribution in [3.05, 3.63) is 48.7 Å². The van der Waals surface area contributed by atoms with Crippen LogP contribution in [0.5, 0.6) is 11.5 Å². The molecule has 0 radical (unpaired) electrons. The SMILES string of the molecule is C=C/C=C(\C)c1cc(O)c2ccc(OC)cc2n1. The molecular weight excluding hydrogens is 226 g/mol. The van der Waals surface area contributed by atoms with Gasteiger partial charge in [-0.2, -0.15) is 0 Å². The fraction of sp³-hybridized carbons (Fsp3) is 0.133. The molecule has 0 atom stereocenters. The van der Waals surface area contributed by atoms with Crippen LogP contribution in [0.2, 0.25) is 0 Å². The van der Waals surface area contributed by atoms with Crippen LogP contribution in [0.1, 0.15) is 12.6 Å². The van der Waals surface area contributed by atoms with Gasteiger partial charge in [0.1, 0.15) is 11.5 Å². The zero-order valence-corrected chi connectivity index (χ0v) is 10.5. The summed E-state index contributed by atoms with van der Waals surface area (Å²) in [7, 11) is 1.60. The third-order valence-corrected chi connectivity index (χ3v) is 2.77. The number of allylic oxidation sites excluding steroid dienone is 3. The minimum atomic E-state index is 0.217. The van der Waals surface area contributed by atoms with Crippen LogP contribution in [0.25, 0.3) is 16.5 Å². The van der Waals surface area contributed by atoms with Crippen LogP contribution >= 0.6 is 0 Å². The molecule has 1 aromatic heterocycles. The predicted octanol–water partition coefficient (Wildman–Crippen LogP) is 3.54. The lowest BCUT2D eigenvalue weighted by Crippen LogP contribution is -1.90. The highest BCUT2D eigenvalue weighted by atomic mass is 16.5.